The predicted molar refractivity (Wildman–Crippen MR) is 171 cm³/mol. The van der Waals surface area contributed by atoms with Crippen LogP contribution in [0.25, 0.3) is 6.08 Å². The summed E-state index contributed by atoms with van der Waals surface area (Å²) in [6, 6.07) is 17.7. The summed E-state index contributed by atoms with van der Waals surface area (Å²) in [6.07, 6.45) is 4.68. The van der Waals surface area contributed by atoms with Crippen LogP contribution < -0.4 is 16.0 Å². The molecule has 0 saturated heterocycles. The molecule has 2 aromatic carbocycles. The Kier molecular flexibility index (Phi) is 12.0. The molecule has 4 rings (SSSR count). The highest BCUT2D eigenvalue weighted by Gasteiger charge is 2.29. The van der Waals surface area contributed by atoms with Crippen LogP contribution >= 0.6 is 0 Å². The number of hydrogen-bond donors (Lipinski definition) is 3. The van der Waals surface area contributed by atoms with Crippen LogP contribution in [0.3, 0.4) is 0 Å². The largest absolute Gasteiger partial charge is 0.354 e. The van der Waals surface area contributed by atoms with Gasteiger partial charge in [0.05, 0.1) is 6.04 Å². The van der Waals surface area contributed by atoms with E-state index in [1.165, 1.54) is 10.8 Å². The topological polar surface area (TPSA) is 138 Å². The molecule has 1 aliphatic heterocycles. The smallest absolute Gasteiger partial charge is 0.246 e. The summed E-state index contributed by atoms with van der Waals surface area (Å²) in [5.41, 5.74) is 1.81. The van der Waals surface area contributed by atoms with Crippen LogP contribution in [0.1, 0.15) is 61.9 Å². The minimum Gasteiger partial charge on any atom is -0.354 e. The lowest BCUT2D eigenvalue weighted by molar-refractivity contribution is -0.130. The van der Waals surface area contributed by atoms with Crippen molar-refractivity contribution >= 4 is 29.7 Å². The number of aryl methyl sites for hydroxylation is 1. The second-order valence-electron chi connectivity index (χ2n) is 11.6. The number of nitrogens with zero attached hydrogens (tertiary/aromatic N) is 4. The second kappa shape index (κ2) is 16.3. The number of fused-ring (bicyclic) bond motifs is 1. The lowest BCUT2D eigenvalue weighted by atomic mass is 10.0. The van der Waals surface area contributed by atoms with Gasteiger partial charge in [-0.3, -0.25) is 19.2 Å². The average Bonchev–Trinajstić information content (AvgIpc) is 3.38. The molecule has 0 bridgehead atoms. The number of nitrogens with one attached hydrogen (secondary N) is 3. The van der Waals surface area contributed by atoms with E-state index in [0.29, 0.717) is 50.5 Å². The van der Waals surface area contributed by atoms with Gasteiger partial charge in [0.25, 0.3) is 0 Å². The first-order valence-electron chi connectivity index (χ1n) is 15.5. The molecular weight excluding hydrogens is 570 g/mol. The Morgan fingerprint density at radius 1 is 0.956 bits per heavy atom. The number of hydrogen-bond acceptors (Lipinski definition) is 6. The molecule has 4 amide bonds. The predicted octanol–water partition coefficient (Wildman–Crippen LogP) is 2.97. The van der Waals surface area contributed by atoms with Crippen molar-refractivity contribution in [3.05, 3.63) is 89.5 Å². The number of carbonyl (C=O) groups excluding carboxylic acids is 4. The molecule has 11 nitrogen and oxygen atoms in total. The SMILES string of the molecule is Cc1nc2n(n1)CC(=O)NCCCN(C(=O)/C=C/c1ccccc1)CCCC(=O)N[C@H](Cc1ccccc1)C(=O)N[C@H]2C(C)C. The van der Waals surface area contributed by atoms with Gasteiger partial charge in [0.2, 0.25) is 23.6 Å². The fourth-order valence-electron chi connectivity index (χ4n) is 5.22. The molecule has 238 valence electrons. The normalized spacial score (nSPS) is 19.3. The molecule has 0 saturated carbocycles. The number of rotatable bonds is 5. The zero-order valence-electron chi connectivity index (χ0n) is 26.2. The van der Waals surface area contributed by atoms with Gasteiger partial charge in [0.1, 0.15) is 18.4 Å². The molecule has 45 heavy (non-hydrogen) atoms. The monoisotopic (exact) mass is 613 g/mol. The van der Waals surface area contributed by atoms with E-state index in [1.807, 2.05) is 74.5 Å². The van der Waals surface area contributed by atoms with Gasteiger partial charge in [-0.15, -0.1) is 0 Å². The van der Waals surface area contributed by atoms with Gasteiger partial charge in [-0.2, -0.15) is 5.10 Å². The highest BCUT2D eigenvalue weighted by molar-refractivity contribution is 5.92. The first-order chi connectivity index (χ1) is 21.7. The van der Waals surface area contributed by atoms with E-state index in [0.717, 1.165) is 11.1 Å². The fraction of sp³-hybridized carbons (Fsp3) is 0.412. The van der Waals surface area contributed by atoms with Gasteiger partial charge in [0.15, 0.2) is 5.82 Å². The van der Waals surface area contributed by atoms with Crippen LogP contribution in [0.5, 0.6) is 0 Å². The molecule has 11 heteroatoms. The van der Waals surface area contributed by atoms with Gasteiger partial charge >= 0.3 is 0 Å². The van der Waals surface area contributed by atoms with Gasteiger partial charge in [-0.1, -0.05) is 74.5 Å². The first-order valence-corrected chi connectivity index (χ1v) is 15.5. The highest BCUT2D eigenvalue weighted by atomic mass is 16.2. The molecule has 3 aromatic rings. The van der Waals surface area contributed by atoms with Crippen molar-refractivity contribution in [3.63, 3.8) is 0 Å². The van der Waals surface area contributed by atoms with Crippen molar-refractivity contribution in [2.45, 2.75) is 65.1 Å². The van der Waals surface area contributed by atoms with Crippen LogP contribution in [0.2, 0.25) is 0 Å². The molecule has 2 heterocycles. The maximum absolute atomic E-state index is 13.8. The van der Waals surface area contributed by atoms with Crippen LogP contribution in [-0.4, -0.2) is 69.0 Å². The first kappa shape index (κ1) is 33.1. The zero-order chi connectivity index (χ0) is 32.2. The van der Waals surface area contributed by atoms with E-state index < -0.39 is 12.1 Å². The van der Waals surface area contributed by atoms with E-state index in [1.54, 1.807) is 17.9 Å². The standard InChI is InChI=1S/C34H43N7O4/c1-24(2)32-33-36-25(3)39-41(33)23-30(43)35-19-11-21-40(31(44)18-17-26-12-6-4-7-13-26)20-10-16-29(42)37-28(34(45)38-32)22-27-14-8-5-9-15-27/h4-9,12-15,17-18,24,28,32H,10-11,16,19-23H2,1-3H3,(H,35,43)(H,37,42)(H,38,45)/b18-17+/t28-,32+/m1/s1. The molecule has 0 fully saturated rings. The number of carbonyl (C=O) groups is 4. The Bertz CT molecular complexity index is 1470. The third-order valence-corrected chi connectivity index (χ3v) is 7.57. The van der Waals surface area contributed by atoms with E-state index in [-0.39, 0.29) is 42.5 Å². The van der Waals surface area contributed by atoms with Crippen LogP contribution in [-0.2, 0) is 32.1 Å². The lowest BCUT2D eigenvalue weighted by Gasteiger charge is -2.26. The molecule has 1 aliphatic rings. The minimum atomic E-state index is -0.840. The van der Waals surface area contributed by atoms with Crippen molar-refractivity contribution in [3.8, 4) is 0 Å². The summed E-state index contributed by atoms with van der Waals surface area (Å²) in [5.74, 6) is -0.166. The number of benzene rings is 2. The summed E-state index contributed by atoms with van der Waals surface area (Å²) in [4.78, 5) is 59.3. The van der Waals surface area contributed by atoms with Gasteiger partial charge in [0, 0.05) is 38.6 Å². The van der Waals surface area contributed by atoms with Crippen molar-refractivity contribution in [2.24, 2.45) is 5.92 Å². The maximum atomic E-state index is 13.8. The summed E-state index contributed by atoms with van der Waals surface area (Å²) >= 11 is 0. The summed E-state index contributed by atoms with van der Waals surface area (Å²) < 4.78 is 1.52. The molecule has 3 N–H and O–H groups in total. The fourth-order valence-corrected chi connectivity index (χ4v) is 5.22. The van der Waals surface area contributed by atoms with Gasteiger partial charge in [-0.05, 0) is 42.9 Å². The van der Waals surface area contributed by atoms with Crippen molar-refractivity contribution in [1.29, 1.82) is 0 Å². The van der Waals surface area contributed by atoms with Crippen molar-refractivity contribution < 1.29 is 19.2 Å². The minimum absolute atomic E-state index is 0.0676. The van der Waals surface area contributed by atoms with E-state index >= 15 is 0 Å². The van der Waals surface area contributed by atoms with Gasteiger partial charge < -0.3 is 20.9 Å². The molecule has 0 radical (unpaired) electrons. The molecule has 2 atom stereocenters. The Morgan fingerprint density at radius 2 is 1.64 bits per heavy atom. The quantitative estimate of drug-likeness (QED) is 0.379. The summed E-state index contributed by atoms with van der Waals surface area (Å²) in [6.45, 7) is 6.70. The Balaban J connectivity index is 1.57. The third kappa shape index (κ3) is 10.1. The van der Waals surface area contributed by atoms with Crippen molar-refractivity contribution in [1.82, 2.24) is 35.6 Å². The van der Waals surface area contributed by atoms with Crippen LogP contribution in [0.15, 0.2) is 66.7 Å². The van der Waals surface area contributed by atoms with Gasteiger partial charge in [-0.25, -0.2) is 9.67 Å². The third-order valence-electron chi connectivity index (χ3n) is 7.57. The Hall–Kier alpha value is -4.80. The molecular formula is C34H43N7O4. The zero-order valence-corrected chi connectivity index (χ0v) is 26.2. The maximum Gasteiger partial charge on any atom is 0.246 e. The molecule has 0 spiro atoms. The lowest BCUT2D eigenvalue weighted by Crippen LogP contribution is -2.50. The summed E-state index contributed by atoms with van der Waals surface area (Å²) in [7, 11) is 0. The van der Waals surface area contributed by atoms with E-state index in [9.17, 15) is 19.2 Å². The average molecular weight is 614 g/mol. The second-order valence-corrected chi connectivity index (χ2v) is 11.6. The molecule has 1 aromatic heterocycles. The van der Waals surface area contributed by atoms with E-state index in [2.05, 4.69) is 26.0 Å². The van der Waals surface area contributed by atoms with E-state index in [4.69, 9.17) is 0 Å². The molecule has 0 unspecified atom stereocenters. The highest BCUT2D eigenvalue weighted by Crippen LogP contribution is 2.21. The van der Waals surface area contributed by atoms with Crippen molar-refractivity contribution in [2.75, 3.05) is 19.6 Å². The van der Waals surface area contributed by atoms with Crippen LogP contribution in [0.4, 0.5) is 0 Å². The molecule has 0 aliphatic carbocycles. The number of aromatic nitrogens is 3. The Morgan fingerprint density at radius 3 is 2.36 bits per heavy atom. The van der Waals surface area contributed by atoms with Crippen LogP contribution in [0, 0.1) is 12.8 Å². The Labute approximate surface area is 264 Å². The number of amides is 4. The summed E-state index contributed by atoms with van der Waals surface area (Å²) in [5, 5.41) is 13.4.